The molecule has 1 saturated heterocycles. The van der Waals surface area contributed by atoms with E-state index in [1.54, 1.807) is 23.1 Å². The highest BCUT2D eigenvalue weighted by Gasteiger charge is 2.23. The molecule has 1 aliphatic heterocycles. The third-order valence-corrected chi connectivity index (χ3v) is 3.09. The van der Waals surface area contributed by atoms with Gasteiger partial charge in [-0.05, 0) is 38.1 Å². The second-order valence-electron chi connectivity index (χ2n) is 4.39. The lowest BCUT2D eigenvalue weighted by Crippen LogP contribution is -2.45. The van der Waals surface area contributed by atoms with Crippen LogP contribution in [-0.4, -0.2) is 30.6 Å². The van der Waals surface area contributed by atoms with Gasteiger partial charge in [-0.3, -0.25) is 4.79 Å². The molecule has 0 saturated carbocycles. The predicted molar refractivity (Wildman–Crippen MR) is 67.1 cm³/mol. The minimum Gasteiger partial charge on any atom is -0.508 e. The minimum absolute atomic E-state index is 0.129. The van der Waals surface area contributed by atoms with Crippen LogP contribution < -0.4 is 10.2 Å². The van der Waals surface area contributed by atoms with Crippen LogP contribution in [0.5, 0.6) is 5.75 Å². The summed E-state index contributed by atoms with van der Waals surface area (Å²) in [5.41, 5.74) is 0.768. The Hall–Kier alpha value is -1.55. The smallest absolute Gasteiger partial charge is 0.227 e. The third-order valence-electron chi connectivity index (χ3n) is 3.09. The number of nitrogens with one attached hydrogen (secondary N) is 1. The largest absolute Gasteiger partial charge is 0.508 e. The molecular weight excluding hydrogens is 216 g/mol. The fourth-order valence-corrected chi connectivity index (χ4v) is 2.01. The first kappa shape index (κ1) is 11.9. The van der Waals surface area contributed by atoms with Gasteiger partial charge >= 0.3 is 0 Å². The highest BCUT2D eigenvalue weighted by molar-refractivity contribution is 5.93. The lowest BCUT2D eigenvalue weighted by molar-refractivity contribution is -0.119. The molecule has 1 aromatic rings. The van der Waals surface area contributed by atoms with E-state index in [2.05, 4.69) is 5.32 Å². The number of benzene rings is 1. The normalized spacial score (nSPS) is 15.4. The van der Waals surface area contributed by atoms with Crippen LogP contribution in [-0.2, 0) is 4.79 Å². The van der Waals surface area contributed by atoms with Gasteiger partial charge < -0.3 is 15.3 Å². The molecule has 0 atom stereocenters. The fraction of sp³-hybridized carbons (Fsp3) is 0.462. The monoisotopic (exact) mass is 234 g/mol. The Labute approximate surface area is 101 Å². The number of carbonyl (C=O) groups is 1. The Balaban J connectivity index is 2.06. The van der Waals surface area contributed by atoms with E-state index in [0.717, 1.165) is 18.8 Å². The number of rotatable bonds is 4. The molecule has 4 heteroatoms. The van der Waals surface area contributed by atoms with Crippen LogP contribution in [0.1, 0.15) is 13.3 Å². The quantitative estimate of drug-likeness (QED) is 0.827. The number of hydrogen-bond acceptors (Lipinski definition) is 3. The second kappa shape index (κ2) is 5.19. The van der Waals surface area contributed by atoms with E-state index >= 15 is 0 Å². The van der Waals surface area contributed by atoms with Gasteiger partial charge in [0.05, 0.1) is 0 Å². The number of carbonyl (C=O) groups excluding carboxylic acids is 1. The van der Waals surface area contributed by atoms with Gasteiger partial charge in [0.15, 0.2) is 0 Å². The van der Waals surface area contributed by atoms with Crippen molar-refractivity contribution in [2.75, 3.05) is 24.5 Å². The van der Waals surface area contributed by atoms with Crippen LogP contribution in [0, 0.1) is 5.92 Å². The number of phenolic OH excluding ortho intramolecular Hbond substituents is 1. The van der Waals surface area contributed by atoms with Crippen LogP contribution in [0.2, 0.25) is 0 Å². The summed E-state index contributed by atoms with van der Waals surface area (Å²) in [6.45, 7) is 4.44. The van der Waals surface area contributed by atoms with Crippen molar-refractivity contribution in [3.63, 3.8) is 0 Å². The van der Waals surface area contributed by atoms with E-state index < -0.39 is 0 Å². The number of anilines is 1. The first-order chi connectivity index (χ1) is 8.20. The van der Waals surface area contributed by atoms with Crippen LogP contribution in [0.3, 0.4) is 0 Å². The Kier molecular flexibility index (Phi) is 3.64. The topological polar surface area (TPSA) is 52.6 Å². The maximum Gasteiger partial charge on any atom is 0.227 e. The molecule has 2 rings (SSSR count). The van der Waals surface area contributed by atoms with Gasteiger partial charge in [-0.2, -0.15) is 0 Å². The summed E-state index contributed by atoms with van der Waals surface area (Å²) in [6.07, 6.45) is 0.580. The van der Waals surface area contributed by atoms with Crippen molar-refractivity contribution in [3.8, 4) is 5.75 Å². The van der Waals surface area contributed by atoms with E-state index in [0.29, 0.717) is 18.9 Å². The first-order valence-corrected chi connectivity index (χ1v) is 6.01. The van der Waals surface area contributed by atoms with Crippen molar-refractivity contribution in [1.82, 2.24) is 5.32 Å². The van der Waals surface area contributed by atoms with E-state index in [1.807, 2.05) is 13.0 Å². The molecule has 1 aromatic carbocycles. The molecule has 4 nitrogen and oxygen atoms in total. The van der Waals surface area contributed by atoms with Gasteiger partial charge in [-0.1, -0.05) is 6.07 Å². The number of nitrogens with zero attached hydrogens (tertiary/aromatic N) is 1. The van der Waals surface area contributed by atoms with Gasteiger partial charge in [0.25, 0.3) is 0 Å². The van der Waals surface area contributed by atoms with Crippen LogP contribution >= 0.6 is 0 Å². The highest BCUT2D eigenvalue weighted by atomic mass is 16.3. The van der Waals surface area contributed by atoms with E-state index in [-0.39, 0.29) is 11.7 Å². The van der Waals surface area contributed by atoms with Gasteiger partial charge in [-0.15, -0.1) is 0 Å². The van der Waals surface area contributed by atoms with Crippen LogP contribution in [0.4, 0.5) is 5.69 Å². The summed E-state index contributed by atoms with van der Waals surface area (Å²) in [6, 6.07) is 6.84. The average Bonchev–Trinajstić information content (AvgIpc) is 2.25. The molecule has 17 heavy (non-hydrogen) atoms. The number of hydrogen-bond donors (Lipinski definition) is 2. The molecule has 1 fully saturated rings. The fourth-order valence-electron chi connectivity index (χ4n) is 2.01. The molecule has 0 aliphatic carbocycles. The Morgan fingerprint density at radius 2 is 2.29 bits per heavy atom. The minimum atomic E-state index is 0.129. The summed E-state index contributed by atoms with van der Waals surface area (Å²) in [5.74, 6) is 0.789. The average molecular weight is 234 g/mol. The maximum atomic E-state index is 12.1. The Morgan fingerprint density at radius 1 is 1.53 bits per heavy atom. The lowest BCUT2D eigenvalue weighted by Gasteiger charge is -2.29. The molecule has 0 unspecified atom stereocenters. The zero-order valence-electron chi connectivity index (χ0n) is 10.0. The SMILES string of the molecule is CCN(C(=O)CC1CNC1)c1cccc(O)c1. The number of phenols is 1. The van der Waals surface area contributed by atoms with Crippen molar-refractivity contribution in [1.29, 1.82) is 0 Å². The molecule has 1 amide bonds. The van der Waals surface area contributed by atoms with E-state index in [4.69, 9.17) is 0 Å². The summed E-state index contributed by atoms with van der Waals surface area (Å²) in [4.78, 5) is 13.8. The summed E-state index contributed by atoms with van der Waals surface area (Å²) >= 11 is 0. The molecule has 1 aliphatic rings. The van der Waals surface area contributed by atoms with Crippen molar-refractivity contribution >= 4 is 11.6 Å². The predicted octanol–water partition coefficient (Wildman–Crippen LogP) is 1.35. The highest BCUT2D eigenvalue weighted by Crippen LogP contribution is 2.22. The second-order valence-corrected chi connectivity index (χ2v) is 4.39. The molecule has 0 bridgehead atoms. The third kappa shape index (κ3) is 2.77. The summed E-state index contributed by atoms with van der Waals surface area (Å²) in [5, 5.41) is 12.6. The van der Waals surface area contributed by atoms with Crippen molar-refractivity contribution < 1.29 is 9.90 Å². The number of amides is 1. The van der Waals surface area contributed by atoms with Gasteiger partial charge in [-0.25, -0.2) is 0 Å². The van der Waals surface area contributed by atoms with Gasteiger partial charge in [0, 0.05) is 24.7 Å². The lowest BCUT2D eigenvalue weighted by atomic mass is 9.98. The van der Waals surface area contributed by atoms with Gasteiger partial charge in [0.1, 0.15) is 5.75 Å². The van der Waals surface area contributed by atoms with E-state index in [9.17, 15) is 9.90 Å². The zero-order valence-corrected chi connectivity index (χ0v) is 10.0. The molecular formula is C13H18N2O2. The summed E-state index contributed by atoms with van der Waals surface area (Å²) < 4.78 is 0. The molecule has 0 radical (unpaired) electrons. The molecule has 92 valence electrons. The van der Waals surface area contributed by atoms with Crippen molar-refractivity contribution in [2.24, 2.45) is 5.92 Å². The van der Waals surface area contributed by atoms with Crippen molar-refractivity contribution in [3.05, 3.63) is 24.3 Å². The Bertz CT molecular complexity index is 402. The maximum absolute atomic E-state index is 12.1. The zero-order chi connectivity index (χ0) is 12.3. The van der Waals surface area contributed by atoms with Gasteiger partial charge in [0.2, 0.25) is 5.91 Å². The number of aromatic hydroxyl groups is 1. The van der Waals surface area contributed by atoms with E-state index in [1.165, 1.54) is 0 Å². The standard InChI is InChI=1S/C13H18N2O2/c1-2-15(11-4-3-5-12(16)7-11)13(17)6-10-8-14-9-10/h3-5,7,10,14,16H,2,6,8-9H2,1H3. The first-order valence-electron chi connectivity index (χ1n) is 6.01. The van der Waals surface area contributed by atoms with Crippen LogP contribution in [0.15, 0.2) is 24.3 Å². The van der Waals surface area contributed by atoms with Crippen LogP contribution in [0.25, 0.3) is 0 Å². The molecule has 1 heterocycles. The molecule has 0 aromatic heterocycles. The summed E-state index contributed by atoms with van der Waals surface area (Å²) in [7, 11) is 0. The molecule has 0 spiro atoms. The Morgan fingerprint density at radius 3 is 2.82 bits per heavy atom. The molecule has 2 N–H and O–H groups in total. The van der Waals surface area contributed by atoms with Crippen molar-refractivity contribution in [2.45, 2.75) is 13.3 Å².